The fourth-order valence-electron chi connectivity index (χ4n) is 3.29. The Hall–Kier alpha value is -2.86. The number of anilines is 1. The van der Waals surface area contributed by atoms with Gasteiger partial charge in [0.25, 0.3) is 0 Å². The summed E-state index contributed by atoms with van der Waals surface area (Å²) in [5.41, 5.74) is 5.08. The van der Waals surface area contributed by atoms with Gasteiger partial charge < -0.3 is 20.3 Å². The molecular weight excluding hydrogens is 354 g/mol. The summed E-state index contributed by atoms with van der Waals surface area (Å²) in [4.78, 5) is 26.5. The molecule has 0 aliphatic carbocycles. The van der Waals surface area contributed by atoms with Gasteiger partial charge in [-0.1, -0.05) is 18.2 Å². The van der Waals surface area contributed by atoms with Crippen LogP contribution in [-0.4, -0.2) is 44.0 Å². The average Bonchev–Trinajstić information content (AvgIpc) is 3.12. The maximum Gasteiger partial charge on any atom is 0.313 e. The van der Waals surface area contributed by atoms with Crippen LogP contribution in [-0.2, 0) is 16.0 Å². The zero-order valence-electron chi connectivity index (χ0n) is 16.8. The van der Waals surface area contributed by atoms with Crippen molar-refractivity contribution in [2.45, 2.75) is 26.3 Å². The zero-order valence-corrected chi connectivity index (χ0v) is 16.8. The van der Waals surface area contributed by atoms with Gasteiger partial charge in [0, 0.05) is 18.7 Å². The lowest BCUT2D eigenvalue weighted by Crippen LogP contribution is -2.40. The van der Waals surface area contributed by atoms with Gasteiger partial charge in [-0.15, -0.1) is 0 Å². The lowest BCUT2D eigenvalue weighted by molar-refractivity contribution is -0.136. The molecule has 2 amide bonds. The molecule has 0 saturated heterocycles. The van der Waals surface area contributed by atoms with E-state index in [0.29, 0.717) is 18.8 Å². The SMILES string of the molecule is Cc1ccc(NC(=O)C(=O)NCC(c2ccc3c(c2)CCO3)N(C)C)cc1C. The standard InChI is InChI=1S/C22H27N3O3/c1-14-5-7-18(11-15(14)2)24-22(27)21(26)23-13-19(25(3)4)16-6-8-20-17(12-16)9-10-28-20/h5-8,11-12,19H,9-10,13H2,1-4H3,(H,23,26)(H,24,27). The van der Waals surface area contributed by atoms with Crippen LogP contribution in [0.25, 0.3) is 0 Å². The van der Waals surface area contributed by atoms with Gasteiger partial charge in [-0.2, -0.15) is 0 Å². The van der Waals surface area contributed by atoms with Gasteiger partial charge in [-0.05, 0) is 68.4 Å². The number of rotatable bonds is 5. The molecule has 2 N–H and O–H groups in total. The van der Waals surface area contributed by atoms with E-state index in [9.17, 15) is 9.59 Å². The van der Waals surface area contributed by atoms with Crippen LogP contribution >= 0.6 is 0 Å². The summed E-state index contributed by atoms with van der Waals surface area (Å²) in [6, 6.07) is 11.6. The predicted molar refractivity (Wildman–Crippen MR) is 110 cm³/mol. The summed E-state index contributed by atoms with van der Waals surface area (Å²) >= 11 is 0. The van der Waals surface area contributed by atoms with Crippen LogP contribution < -0.4 is 15.4 Å². The molecule has 2 aromatic rings. The summed E-state index contributed by atoms with van der Waals surface area (Å²) < 4.78 is 5.56. The maximum atomic E-state index is 12.3. The summed E-state index contributed by atoms with van der Waals surface area (Å²) in [5.74, 6) is -0.379. The van der Waals surface area contributed by atoms with E-state index in [1.165, 1.54) is 5.56 Å². The van der Waals surface area contributed by atoms with Crippen LogP contribution in [0.3, 0.4) is 0 Å². The Labute approximate surface area is 165 Å². The molecule has 0 spiro atoms. The summed E-state index contributed by atoms with van der Waals surface area (Å²) in [5, 5.41) is 5.41. The summed E-state index contributed by atoms with van der Waals surface area (Å²) in [6.07, 6.45) is 0.897. The monoisotopic (exact) mass is 381 g/mol. The number of aryl methyl sites for hydroxylation is 2. The third-order valence-electron chi connectivity index (χ3n) is 5.15. The van der Waals surface area contributed by atoms with E-state index < -0.39 is 11.8 Å². The molecule has 0 fully saturated rings. The van der Waals surface area contributed by atoms with Crippen molar-refractivity contribution >= 4 is 17.5 Å². The van der Waals surface area contributed by atoms with Gasteiger partial charge in [-0.25, -0.2) is 0 Å². The first kappa shape index (κ1) is 19.9. The Bertz CT molecular complexity index is 893. The minimum Gasteiger partial charge on any atom is -0.493 e. The van der Waals surface area contributed by atoms with Crippen LogP contribution in [0.15, 0.2) is 36.4 Å². The van der Waals surface area contributed by atoms with Crippen molar-refractivity contribution in [2.75, 3.05) is 32.6 Å². The van der Waals surface area contributed by atoms with Crippen molar-refractivity contribution in [3.63, 3.8) is 0 Å². The van der Waals surface area contributed by atoms with Gasteiger partial charge in [0.15, 0.2) is 0 Å². The Morgan fingerprint density at radius 2 is 1.86 bits per heavy atom. The molecule has 1 unspecified atom stereocenters. The molecule has 28 heavy (non-hydrogen) atoms. The smallest absolute Gasteiger partial charge is 0.313 e. The first-order valence-electron chi connectivity index (χ1n) is 9.43. The van der Waals surface area contributed by atoms with E-state index in [4.69, 9.17) is 4.74 Å². The Balaban J connectivity index is 1.62. The molecule has 1 aliphatic rings. The van der Waals surface area contributed by atoms with E-state index >= 15 is 0 Å². The third kappa shape index (κ3) is 4.51. The van der Waals surface area contributed by atoms with Gasteiger partial charge in [0.1, 0.15) is 5.75 Å². The van der Waals surface area contributed by atoms with Crippen LogP contribution in [0, 0.1) is 13.8 Å². The molecule has 1 aliphatic heterocycles. The largest absolute Gasteiger partial charge is 0.493 e. The molecule has 0 bridgehead atoms. The van der Waals surface area contributed by atoms with Gasteiger partial charge in [-0.3, -0.25) is 9.59 Å². The van der Waals surface area contributed by atoms with E-state index in [0.717, 1.165) is 28.9 Å². The molecule has 148 valence electrons. The van der Waals surface area contributed by atoms with Crippen molar-refractivity contribution in [2.24, 2.45) is 0 Å². The second-order valence-electron chi connectivity index (χ2n) is 7.41. The lowest BCUT2D eigenvalue weighted by Gasteiger charge is -2.25. The maximum absolute atomic E-state index is 12.3. The van der Waals surface area contributed by atoms with E-state index in [1.54, 1.807) is 6.07 Å². The van der Waals surface area contributed by atoms with Crippen molar-refractivity contribution in [1.29, 1.82) is 0 Å². The first-order chi connectivity index (χ1) is 13.3. The Morgan fingerprint density at radius 3 is 2.57 bits per heavy atom. The number of carbonyl (C=O) groups is 2. The highest BCUT2D eigenvalue weighted by atomic mass is 16.5. The average molecular weight is 381 g/mol. The highest BCUT2D eigenvalue weighted by Gasteiger charge is 2.21. The van der Waals surface area contributed by atoms with Crippen molar-refractivity contribution in [1.82, 2.24) is 10.2 Å². The van der Waals surface area contributed by atoms with Crippen molar-refractivity contribution in [3.8, 4) is 5.75 Å². The first-order valence-corrected chi connectivity index (χ1v) is 9.43. The van der Waals surface area contributed by atoms with Crippen LogP contribution in [0.1, 0.15) is 28.3 Å². The fraction of sp³-hybridized carbons (Fsp3) is 0.364. The van der Waals surface area contributed by atoms with E-state index in [-0.39, 0.29) is 6.04 Å². The quantitative estimate of drug-likeness (QED) is 0.781. The second kappa shape index (κ2) is 8.44. The second-order valence-corrected chi connectivity index (χ2v) is 7.41. The Morgan fingerprint density at radius 1 is 1.07 bits per heavy atom. The minimum atomic E-state index is -0.664. The van der Waals surface area contributed by atoms with Gasteiger partial charge >= 0.3 is 11.8 Å². The number of likely N-dealkylation sites (N-methyl/N-ethyl adjacent to an activating group) is 1. The fourth-order valence-corrected chi connectivity index (χ4v) is 3.29. The number of nitrogens with zero attached hydrogens (tertiary/aromatic N) is 1. The number of amides is 2. The molecule has 0 radical (unpaired) electrons. The van der Waals surface area contributed by atoms with Gasteiger partial charge in [0.2, 0.25) is 0 Å². The lowest BCUT2D eigenvalue weighted by atomic mass is 10.0. The van der Waals surface area contributed by atoms with Gasteiger partial charge in [0.05, 0.1) is 12.6 Å². The molecule has 0 saturated carbocycles. The number of ether oxygens (including phenoxy) is 1. The highest BCUT2D eigenvalue weighted by molar-refractivity contribution is 6.39. The number of hydrogen-bond donors (Lipinski definition) is 2. The normalized spacial score (nSPS) is 13.6. The van der Waals surface area contributed by atoms with Crippen molar-refractivity contribution < 1.29 is 14.3 Å². The third-order valence-corrected chi connectivity index (χ3v) is 5.15. The molecule has 0 aromatic heterocycles. The topological polar surface area (TPSA) is 70.7 Å². The summed E-state index contributed by atoms with van der Waals surface area (Å²) in [6.45, 7) is 5.02. The van der Waals surface area contributed by atoms with Crippen LogP contribution in [0.5, 0.6) is 5.75 Å². The molecule has 6 heteroatoms. The molecule has 1 atom stereocenters. The number of nitrogens with one attached hydrogen (secondary N) is 2. The van der Waals surface area contributed by atoms with Crippen LogP contribution in [0.2, 0.25) is 0 Å². The van der Waals surface area contributed by atoms with Crippen LogP contribution in [0.4, 0.5) is 5.69 Å². The van der Waals surface area contributed by atoms with E-state index in [2.05, 4.69) is 16.7 Å². The molecule has 3 rings (SSSR count). The summed E-state index contributed by atoms with van der Waals surface area (Å²) in [7, 11) is 3.91. The Kier molecular flexibility index (Phi) is 5.99. The molecule has 2 aromatic carbocycles. The highest BCUT2D eigenvalue weighted by Crippen LogP contribution is 2.29. The molecule has 1 heterocycles. The number of benzene rings is 2. The molecule has 6 nitrogen and oxygen atoms in total. The number of fused-ring (bicyclic) bond motifs is 1. The zero-order chi connectivity index (χ0) is 20.3. The minimum absolute atomic E-state index is 0.0377. The van der Waals surface area contributed by atoms with E-state index in [1.807, 2.05) is 57.1 Å². The number of carbonyl (C=O) groups excluding carboxylic acids is 2. The molecular formula is C22H27N3O3. The predicted octanol–water partition coefficient (Wildman–Crippen LogP) is 2.60. The number of hydrogen-bond acceptors (Lipinski definition) is 4. The van der Waals surface area contributed by atoms with Crippen molar-refractivity contribution in [3.05, 3.63) is 58.7 Å².